The number of benzene rings is 2. The summed E-state index contributed by atoms with van der Waals surface area (Å²) in [6, 6.07) is 16.9. The number of ether oxygens (including phenoxy) is 1. The van der Waals surface area contributed by atoms with Gasteiger partial charge in [-0.2, -0.15) is 0 Å². The van der Waals surface area contributed by atoms with Crippen molar-refractivity contribution in [2.45, 2.75) is 31.6 Å². The normalized spacial score (nSPS) is 15.1. The summed E-state index contributed by atoms with van der Waals surface area (Å²) in [5.41, 5.74) is 2.54. The van der Waals surface area contributed by atoms with Crippen molar-refractivity contribution in [3.63, 3.8) is 0 Å². The third-order valence-electron chi connectivity index (χ3n) is 5.40. The Bertz CT molecular complexity index is 1050. The van der Waals surface area contributed by atoms with Gasteiger partial charge in [-0.05, 0) is 55.5 Å². The topological polar surface area (TPSA) is 80.3 Å². The van der Waals surface area contributed by atoms with Crippen LogP contribution in [0.25, 0.3) is 0 Å². The van der Waals surface area contributed by atoms with Crippen molar-refractivity contribution in [2.24, 2.45) is 0 Å². The number of nitrogens with zero attached hydrogens (tertiary/aromatic N) is 1. The summed E-state index contributed by atoms with van der Waals surface area (Å²) in [6.45, 7) is 0.568. The van der Waals surface area contributed by atoms with Gasteiger partial charge in [-0.3, -0.25) is 14.9 Å². The largest absolute Gasteiger partial charge is 0.497 e. The van der Waals surface area contributed by atoms with E-state index in [1.807, 2.05) is 42.5 Å². The van der Waals surface area contributed by atoms with Crippen LogP contribution in [0.15, 0.2) is 54.6 Å². The quantitative estimate of drug-likeness (QED) is 0.583. The van der Waals surface area contributed by atoms with Crippen LogP contribution in [-0.4, -0.2) is 30.5 Å². The number of amides is 2. The van der Waals surface area contributed by atoms with E-state index >= 15 is 0 Å². The third-order valence-corrected chi connectivity index (χ3v) is 6.45. The van der Waals surface area contributed by atoms with Crippen molar-refractivity contribution < 1.29 is 14.3 Å². The van der Waals surface area contributed by atoms with E-state index in [2.05, 4.69) is 15.6 Å². The molecule has 1 atom stereocenters. The molecule has 0 saturated heterocycles. The molecule has 0 bridgehead atoms. The van der Waals surface area contributed by atoms with Crippen LogP contribution in [0, 0.1) is 0 Å². The number of fused-ring (bicyclic) bond motifs is 1. The SMILES string of the molecule is COc1ccc(CCNC(=O)C2CCCc3sc(NC(=O)c4ccccc4)nc32)cc1. The summed E-state index contributed by atoms with van der Waals surface area (Å²) < 4.78 is 5.17. The molecule has 0 radical (unpaired) electrons. The number of anilines is 1. The molecular weight excluding hydrogens is 410 g/mol. The fourth-order valence-corrected chi connectivity index (χ4v) is 4.79. The maximum Gasteiger partial charge on any atom is 0.257 e. The number of hydrogen-bond donors (Lipinski definition) is 2. The van der Waals surface area contributed by atoms with Crippen LogP contribution in [0.3, 0.4) is 0 Å². The number of hydrogen-bond acceptors (Lipinski definition) is 5. The predicted octanol–water partition coefficient (Wildman–Crippen LogP) is 4.18. The molecule has 2 N–H and O–H groups in total. The number of aromatic nitrogens is 1. The second kappa shape index (κ2) is 9.75. The molecule has 1 aromatic heterocycles. The van der Waals surface area contributed by atoms with E-state index in [1.54, 1.807) is 19.2 Å². The second-order valence-corrected chi connectivity index (χ2v) is 8.57. The van der Waals surface area contributed by atoms with Gasteiger partial charge in [0.25, 0.3) is 5.91 Å². The summed E-state index contributed by atoms with van der Waals surface area (Å²) in [5, 5.41) is 6.48. The number of nitrogens with one attached hydrogen (secondary N) is 2. The number of aryl methyl sites for hydroxylation is 1. The van der Waals surface area contributed by atoms with Gasteiger partial charge in [-0.1, -0.05) is 30.3 Å². The van der Waals surface area contributed by atoms with Crippen LogP contribution in [0.4, 0.5) is 5.13 Å². The molecule has 3 aromatic rings. The number of carbonyl (C=O) groups excluding carboxylic acids is 2. The van der Waals surface area contributed by atoms with E-state index < -0.39 is 0 Å². The molecule has 2 amide bonds. The van der Waals surface area contributed by atoms with Gasteiger partial charge in [0.15, 0.2) is 5.13 Å². The first-order valence-electron chi connectivity index (χ1n) is 10.4. The lowest BCUT2D eigenvalue weighted by molar-refractivity contribution is -0.122. The van der Waals surface area contributed by atoms with E-state index in [-0.39, 0.29) is 17.7 Å². The zero-order valence-corrected chi connectivity index (χ0v) is 18.2. The Morgan fingerprint density at radius 2 is 1.90 bits per heavy atom. The minimum absolute atomic E-state index is 0.000646. The minimum Gasteiger partial charge on any atom is -0.497 e. The van der Waals surface area contributed by atoms with E-state index in [0.717, 1.165) is 47.6 Å². The number of thiazole rings is 1. The van der Waals surface area contributed by atoms with E-state index in [0.29, 0.717) is 17.2 Å². The molecule has 6 nitrogen and oxygen atoms in total. The molecule has 0 saturated carbocycles. The Kier molecular flexibility index (Phi) is 6.62. The molecule has 2 aromatic carbocycles. The predicted molar refractivity (Wildman–Crippen MR) is 122 cm³/mol. The van der Waals surface area contributed by atoms with Crippen LogP contribution in [0.2, 0.25) is 0 Å². The summed E-state index contributed by atoms with van der Waals surface area (Å²) in [5.74, 6) is 0.368. The van der Waals surface area contributed by atoms with Gasteiger partial charge >= 0.3 is 0 Å². The number of methoxy groups -OCH3 is 1. The van der Waals surface area contributed by atoms with E-state index in [1.165, 1.54) is 11.3 Å². The van der Waals surface area contributed by atoms with Crippen LogP contribution in [0.1, 0.15) is 45.3 Å². The molecule has 0 fully saturated rings. The molecule has 1 unspecified atom stereocenters. The highest BCUT2D eigenvalue weighted by molar-refractivity contribution is 7.16. The molecule has 0 spiro atoms. The molecular formula is C24H25N3O3S. The summed E-state index contributed by atoms with van der Waals surface area (Å²) in [4.78, 5) is 31.0. The van der Waals surface area contributed by atoms with Gasteiger partial charge in [-0.15, -0.1) is 11.3 Å². The molecule has 4 rings (SSSR count). The van der Waals surface area contributed by atoms with Crippen LogP contribution in [0.5, 0.6) is 5.75 Å². The monoisotopic (exact) mass is 435 g/mol. The molecule has 1 aliphatic carbocycles. The van der Waals surface area contributed by atoms with Crippen molar-refractivity contribution >= 4 is 28.3 Å². The van der Waals surface area contributed by atoms with Gasteiger partial charge in [0.2, 0.25) is 5.91 Å². The Labute approximate surface area is 185 Å². The Morgan fingerprint density at radius 3 is 2.65 bits per heavy atom. The summed E-state index contributed by atoms with van der Waals surface area (Å²) >= 11 is 1.47. The molecule has 1 aliphatic rings. The van der Waals surface area contributed by atoms with Gasteiger partial charge in [-0.25, -0.2) is 4.98 Å². The van der Waals surface area contributed by atoms with E-state index in [4.69, 9.17) is 4.74 Å². The van der Waals surface area contributed by atoms with Gasteiger partial charge in [0, 0.05) is 17.0 Å². The maximum atomic E-state index is 12.9. The van der Waals surface area contributed by atoms with Crippen LogP contribution >= 0.6 is 11.3 Å². The van der Waals surface area contributed by atoms with Crippen molar-refractivity contribution in [3.8, 4) is 5.75 Å². The lowest BCUT2D eigenvalue weighted by Gasteiger charge is -2.20. The number of rotatable bonds is 7. The Balaban J connectivity index is 1.37. The van der Waals surface area contributed by atoms with Crippen molar-refractivity contribution in [1.29, 1.82) is 0 Å². The van der Waals surface area contributed by atoms with Crippen molar-refractivity contribution in [2.75, 3.05) is 19.0 Å². The standard InChI is InChI=1S/C24H25N3O3S/c1-30-18-12-10-16(11-13-18)14-15-25-23(29)19-8-5-9-20-21(19)26-24(31-20)27-22(28)17-6-3-2-4-7-17/h2-4,6-7,10-13,19H,5,8-9,14-15H2,1H3,(H,25,29)(H,26,27,28). The molecule has 1 heterocycles. The fourth-order valence-electron chi connectivity index (χ4n) is 3.73. The average Bonchev–Trinajstić information content (AvgIpc) is 3.22. The molecule has 31 heavy (non-hydrogen) atoms. The highest BCUT2D eigenvalue weighted by Gasteiger charge is 2.30. The van der Waals surface area contributed by atoms with Crippen LogP contribution in [-0.2, 0) is 17.6 Å². The lowest BCUT2D eigenvalue weighted by atomic mass is 9.90. The Morgan fingerprint density at radius 1 is 1.13 bits per heavy atom. The highest BCUT2D eigenvalue weighted by Crippen LogP contribution is 2.37. The number of carbonyl (C=O) groups is 2. The fraction of sp³-hybridized carbons (Fsp3) is 0.292. The van der Waals surface area contributed by atoms with Crippen molar-refractivity contribution in [3.05, 3.63) is 76.3 Å². The van der Waals surface area contributed by atoms with Gasteiger partial charge in [0.1, 0.15) is 5.75 Å². The van der Waals surface area contributed by atoms with Crippen molar-refractivity contribution in [1.82, 2.24) is 10.3 Å². The smallest absolute Gasteiger partial charge is 0.257 e. The van der Waals surface area contributed by atoms with E-state index in [9.17, 15) is 9.59 Å². The summed E-state index contributed by atoms with van der Waals surface area (Å²) in [7, 11) is 1.64. The zero-order chi connectivity index (χ0) is 21.6. The zero-order valence-electron chi connectivity index (χ0n) is 17.4. The average molecular weight is 436 g/mol. The van der Waals surface area contributed by atoms with Gasteiger partial charge < -0.3 is 10.1 Å². The molecule has 160 valence electrons. The van der Waals surface area contributed by atoms with Crippen LogP contribution < -0.4 is 15.4 Å². The highest BCUT2D eigenvalue weighted by atomic mass is 32.1. The lowest BCUT2D eigenvalue weighted by Crippen LogP contribution is -2.32. The second-order valence-electron chi connectivity index (χ2n) is 7.48. The molecule has 7 heteroatoms. The summed E-state index contributed by atoms with van der Waals surface area (Å²) in [6.07, 6.45) is 3.36. The minimum atomic E-state index is -0.266. The first-order valence-corrected chi connectivity index (χ1v) is 11.2. The molecule has 0 aliphatic heterocycles. The first-order chi connectivity index (χ1) is 15.1. The maximum absolute atomic E-state index is 12.9. The van der Waals surface area contributed by atoms with Gasteiger partial charge in [0.05, 0.1) is 18.7 Å². The first kappa shape index (κ1) is 21.1. The third kappa shape index (κ3) is 5.11. The Hall–Kier alpha value is -3.19.